The molecule has 25 heavy (non-hydrogen) atoms. The van der Waals surface area contributed by atoms with Crippen LogP contribution in [-0.4, -0.2) is 44.8 Å². The molecular weight excluding hydrogens is 371 g/mol. The van der Waals surface area contributed by atoms with E-state index in [4.69, 9.17) is 11.0 Å². The van der Waals surface area contributed by atoms with E-state index in [0.717, 1.165) is 18.2 Å². The van der Waals surface area contributed by atoms with Crippen molar-refractivity contribution < 1.29 is 17.6 Å². The van der Waals surface area contributed by atoms with Crippen molar-refractivity contribution in [3.05, 3.63) is 29.6 Å². The number of nitriles is 1. The smallest absolute Gasteiger partial charge is 0.243 e. The summed E-state index contributed by atoms with van der Waals surface area (Å²) in [5.74, 6) is -1.44. The predicted octanol–water partition coefficient (Wildman–Crippen LogP) is 0.595. The molecule has 1 fully saturated rings. The van der Waals surface area contributed by atoms with Gasteiger partial charge >= 0.3 is 0 Å². The molecular formula is C15H20ClFN4O3S. The zero-order chi connectivity index (χ0) is 17.7. The second-order valence-corrected chi connectivity index (χ2v) is 7.47. The molecule has 1 unspecified atom stereocenters. The van der Waals surface area contributed by atoms with Gasteiger partial charge in [-0.1, -0.05) is 0 Å². The monoisotopic (exact) mass is 390 g/mol. The number of piperidine rings is 1. The van der Waals surface area contributed by atoms with Gasteiger partial charge in [0, 0.05) is 26.2 Å². The molecule has 0 aromatic heterocycles. The maximum Gasteiger partial charge on any atom is 0.243 e. The average Bonchev–Trinajstić information content (AvgIpc) is 2.60. The van der Waals surface area contributed by atoms with Crippen LogP contribution in [-0.2, 0) is 14.8 Å². The first-order valence-corrected chi connectivity index (χ1v) is 9.01. The van der Waals surface area contributed by atoms with E-state index in [-0.39, 0.29) is 41.9 Å². The Hall–Kier alpha value is -1.73. The van der Waals surface area contributed by atoms with Crippen LogP contribution in [0.3, 0.4) is 0 Å². The number of hydrogen-bond acceptors (Lipinski definition) is 5. The number of carbonyl (C=O) groups excluding carboxylic acids is 1. The van der Waals surface area contributed by atoms with Gasteiger partial charge in [-0.2, -0.15) is 9.57 Å². The largest absolute Gasteiger partial charge is 0.355 e. The molecule has 2 rings (SSSR count). The molecule has 1 atom stereocenters. The fourth-order valence-corrected chi connectivity index (χ4v) is 4.16. The van der Waals surface area contributed by atoms with Crippen LogP contribution in [0.1, 0.15) is 18.4 Å². The molecule has 1 aromatic carbocycles. The Morgan fingerprint density at radius 2 is 2.20 bits per heavy atom. The van der Waals surface area contributed by atoms with Crippen molar-refractivity contribution in [2.75, 3.05) is 26.2 Å². The average molecular weight is 391 g/mol. The summed E-state index contributed by atoms with van der Waals surface area (Å²) in [7, 11) is -3.89. The summed E-state index contributed by atoms with van der Waals surface area (Å²) < 4.78 is 40.0. The third kappa shape index (κ3) is 4.89. The van der Waals surface area contributed by atoms with Crippen LogP contribution in [0.5, 0.6) is 0 Å². The van der Waals surface area contributed by atoms with Crippen molar-refractivity contribution in [3.63, 3.8) is 0 Å². The number of hydrogen-bond donors (Lipinski definition) is 2. The van der Waals surface area contributed by atoms with Crippen LogP contribution in [0, 0.1) is 23.1 Å². The highest BCUT2D eigenvalue weighted by Gasteiger charge is 2.33. The molecule has 1 aliphatic rings. The van der Waals surface area contributed by atoms with Gasteiger partial charge < -0.3 is 11.1 Å². The second-order valence-electron chi connectivity index (χ2n) is 5.54. The Morgan fingerprint density at radius 3 is 2.84 bits per heavy atom. The van der Waals surface area contributed by atoms with Gasteiger partial charge in [-0.25, -0.2) is 12.8 Å². The molecule has 1 aromatic rings. The molecule has 7 nitrogen and oxygen atoms in total. The topological polar surface area (TPSA) is 116 Å². The van der Waals surface area contributed by atoms with E-state index in [1.807, 2.05) is 0 Å². The third-order valence-corrected chi connectivity index (χ3v) is 5.76. The van der Waals surface area contributed by atoms with Gasteiger partial charge in [-0.05, 0) is 31.0 Å². The zero-order valence-electron chi connectivity index (χ0n) is 13.4. The van der Waals surface area contributed by atoms with Crippen molar-refractivity contribution >= 4 is 28.3 Å². The van der Waals surface area contributed by atoms with Crippen LogP contribution in [0.4, 0.5) is 4.39 Å². The van der Waals surface area contributed by atoms with Gasteiger partial charge in [-0.3, -0.25) is 4.79 Å². The van der Waals surface area contributed by atoms with Gasteiger partial charge in [0.2, 0.25) is 15.9 Å². The Balaban J connectivity index is 0.00000312. The number of nitrogens with one attached hydrogen (secondary N) is 1. The Kier molecular flexibility index (Phi) is 7.76. The van der Waals surface area contributed by atoms with Gasteiger partial charge in [0.15, 0.2) is 0 Å². The van der Waals surface area contributed by atoms with Crippen molar-refractivity contribution in [1.29, 1.82) is 5.26 Å². The lowest BCUT2D eigenvalue weighted by Crippen LogP contribution is -2.46. The van der Waals surface area contributed by atoms with Gasteiger partial charge in [-0.15, -0.1) is 12.4 Å². The van der Waals surface area contributed by atoms with E-state index in [2.05, 4.69) is 5.32 Å². The molecule has 1 heterocycles. The molecule has 0 bridgehead atoms. The van der Waals surface area contributed by atoms with E-state index in [9.17, 15) is 17.6 Å². The number of sulfonamides is 1. The molecule has 0 aliphatic carbocycles. The third-order valence-electron chi connectivity index (χ3n) is 3.89. The van der Waals surface area contributed by atoms with E-state index < -0.39 is 21.8 Å². The van der Waals surface area contributed by atoms with Crippen LogP contribution in [0.25, 0.3) is 0 Å². The number of amides is 1. The maximum absolute atomic E-state index is 13.4. The van der Waals surface area contributed by atoms with Crippen molar-refractivity contribution in [3.8, 4) is 6.07 Å². The summed E-state index contributed by atoms with van der Waals surface area (Å²) in [4.78, 5) is 11.9. The van der Waals surface area contributed by atoms with Crippen molar-refractivity contribution in [2.24, 2.45) is 11.7 Å². The molecule has 3 N–H and O–H groups in total. The lowest BCUT2D eigenvalue weighted by Gasteiger charge is -2.31. The number of rotatable bonds is 5. The van der Waals surface area contributed by atoms with Crippen LogP contribution in [0.15, 0.2) is 23.1 Å². The molecule has 0 radical (unpaired) electrons. The summed E-state index contributed by atoms with van der Waals surface area (Å²) in [6.45, 7) is 0.985. The van der Waals surface area contributed by atoms with Crippen LogP contribution < -0.4 is 11.1 Å². The molecule has 138 valence electrons. The highest BCUT2D eigenvalue weighted by molar-refractivity contribution is 7.89. The summed E-state index contributed by atoms with van der Waals surface area (Å²) in [5, 5.41) is 11.5. The minimum atomic E-state index is -3.89. The zero-order valence-corrected chi connectivity index (χ0v) is 15.1. The lowest BCUT2D eigenvalue weighted by atomic mass is 9.99. The quantitative estimate of drug-likeness (QED) is 0.763. The summed E-state index contributed by atoms with van der Waals surface area (Å²) >= 11 is 0. The first-order valence-electron chi connectivity index (χ1n) is 7.57. The number of nitrogens with zero attached hydrogens (tertiary/aromatic N) is 2. The Labute approximate surface area is 152 Å². The second kappa shape index (κ2) is 9.10. The van der Waals surface area contributed by atoms with Crippen LogP contribution in [0.2, 0.25) is 0 Å². The highest BCUT2D eigenvalue weighted by Crippen LogP contribution is 2.25. The maximum atomic E-state index is 13.4. The minimum absolute atomic E-state index is 0. The normalized spacial score (nSPS) is 18.0. The first-order chi connectivity index (χ1) is 11.4. The van der Waals surface area contributed by atoms with Crippen molar-refractivity contribution in [1.82, 2.24) is 9.62 Å². The van der Waals surface area contributed by atoms with Gasteiger partial charge in [0.25, 0.3) is 0 Å². The van der Waals surface area contributed by atoms with E-state index in [1.54, 1.807) is 6.07 Å². The molecule has 0 saturated carbocycles. The summed E-state index contributed by atoms with van der Waals surface area (Å²) in [6.07, 6.45) is 1.14. The fraction of sp³-hybridized carbons (Fsp3) is 0.467. The SMILES string of the molecule is Cl.N#Cc1cc(S(=O)(=O)N2CCCC(C(=O)NCCN)C2)ccc1F. The van der Waals surface area contributed by atoms with Gasteiger partial charge in [0.05, 0.1) is 16.4 Å². The minimum Gasteiger partial charge on any atom is -0.355 e. The van der Waals surface area contributed by atoms with E-state index in [1.165, 1.54) is 4.31 Å². The number of halogens is 2. The molecule has 1 amide bonds. The number of benzene rings is 1. The summed E-state index contributed by atoms with van der Waals surface area (Å²) in [5.41, 5.74) is 5.01. The van der Waals surface area contributed by atoms with E-state index >= 15 is 0 Å². The van der Waals surface area contributed by atoms with Crippen LogP contribution >= 0.6 is 12.4 Å². The first kappa shape index (κ1) is 21.3. The highest BCUT2D eigenvalue weighted by atomic mass is 35.5. The number of nitrogens with two attached hydrogens (primary N) is 1. The Bertz CT molecular complexity index is 767. The van der Waals surface area contributed by atoms with Gasteiger partial charge in [0.1, 0.15) is 11.9 Å². The molecule has 1 aliphatic heterocycles. The van der Waals surface area contributed by atoms with E-state index in [0.29, 0.717) is 25.9 Å². The predicted molar refractivity (Wildman–Crippen MR) is 91.9 cm³/mol. The van der Waals surface area contributed by atoms with Crippen molar-refractivity contribution in [2.45, 2.75) is 17.7 Å². The molecule has 0 spiro atoms. The standard InChI is InChI=1S/C15H19FN4O3S.ClH/c16-14-4-3-13(8-12(14)9-18)24(22,23)20-7-1-2-11(10-20)15(21)19-6-5-17;/h3-4,8,11H,1-2,5-7,10,17H2,(H,19,21);1H. The fourth-order valence-electron chi connectivity index (χ4n) is 2.61. The molecule has 10 heteroatoms. The Morgan fingerprint density at radius 1 is 1.48 bits per heavy atom. The molecule has 1 saturated heterocycles. The number of carbonyl (C=O) groups is 1. The lowest BCUT2D eigenvalue weighted by molar-refractivity contribution is -0.126. The summed E-state index contributed by atoms with van der Waals surface area (Å²) in [6, 6.07) is 4.73.